The first kappa shape index (κ1) is 20.7. The lowest BCUT2D eigenvalue weighted by Crippen LogP contribution is -2.26. The molecule has 1 aliphatic rings. The number of unbranched alkanes of at least 4 members (excludes halogenated alkanes) is 1. The molecule has 0 saturated carbocycles. The highest BCUT2D eigenvalue weighted by molar-refractivity contribution is 5.77. The Balaban J connectivity index is 0.000000199. The number of ether oxygens (including phenoxy) is 3. The van der Waals surface area contributed by atoms with Crippen molar-refractivity contribution in [2.24, 2.45) is 7.05 Å². The van der Waals surface area contributed by atoms with Gasteiger partial charge in [-0.3, -0.25) is 0 Å². The predicted octanol–water partition coefficient (Wildman–Crippen LogP) is 1.72. The SMILES string of the molecule is CCCCNC(=O)OCC1CO1.CCOc1nc(NC)nc2c1ncn2C. The fourth-order valence-electron chi connectivity index (χ4n) is 2.08. The lowest BCUT2D eigenvalue weighted by molar-refractivity contribution is 0.136. The van der Waals surface area contributed by atoms with E-state index in [-0.39, 0.29) is 12.2 Å². The number of hydrogen-bond donors (Lipinski definition) is 2. The third kappa shape index (κ3) is 6.55. The second kappa shape index (κ2) is 10.5. The van der Waals surface area contributed by atoms with Gasteiger partial charge in [-0.05, 0) is 13.3 Å². The van der Waals surface area contributed by atoms with Gasteiger partial charge in [0.2, 0.25) is 11.8 Å². The largest absolute Gasteiger partial charge is 0.476 e. The van der Waals surface area contributed by atoms with Crippen LogP contribution in [-0.2, 0) is 16.5 Å². The molecule has 1 unspecified atom stereocenters. The summed E-state index contributed by atoms with van der Waals surface area (Å²) in [5, 5.41) is 5.54. The molecule has 1 aliphatic heterocycles. The lowest BCUT2D eigenvalue weighted by atomic mass is 10.3. The number of aryl methyl sites for hydroxylation is 1. The third-order valence-corrected chi connectivity index (χ3v) is 3.63. The van der Waals surface area contributed by atoms with Gasteiger partial charge in [0.1, 0.15) is 12.7 Å². The number of nitrogens with zero attached hydrogens (tertiary/aromatic N) is 4. The molecule has 2 aromatic heterocycles. The van der Waals surface area contributed by atoms with Crippen molar-refractivity contribution in [2.75, 3.05) is 38.7 Å². The lowest BCUT2D eigenvalue weighted by Gasteiger charge is -2.05. The molecule has 0 aromatic carbocycles. The van der Waals surface area contributed by atoms with Gasteiger partial charge in [0.05, 0.1) is 19.5 Å². The van der Waals surface area contributed by atoms with Crippen LogP contribution in [0, 0.1) is 0 Å². The molecule has 2 aromatic rings. The third-order valence-electron chi connectivity index (χ3n) is 3.63. The van der Waals surface area contributed by atoms with Gasteiger partial charge in [-0.1, -0.05) is 13.3 Å². The topological polar surface area (TPSA) is 116 Å². The Labute approximate surface area is 158 Å². The molecule has 1 fully saturated rings. The molecule has 2 N–H and O–H groups in total. The fraction of sp³-hybridized carbons (Fsp3) is 0.647. The van der Waals surface area contributed by atoms with Crippen LogP contribution >= 0.6 is 0 Å². The summed E-state index contributed by atoms with van der Waals surface area (Å²) >= 11 is 0. The molecule has 10 nitrogen and oxygen atoms in total. The molecular formula is C17H28N6O4. The molecule has 0 bridgehead atoms. The van der Waals surface area contributed by atoms with Crippen LogP contribution in [0.4, 0.5) is 10.7 Å². The van der Waals surface area contributed by atoms with Crippen molar-refractivity contribution >= 4 is 23.2 Å². The summed E-state index contributed by atoms with van der Waals surface area (Å²) in [6, 6.07) is 0. The minimum atomic E-state index is -0.334. The fourth-order valence-corrected chi connectivity index (χ4v) is 2.08. The van der Waals surface area contributed by atoms with Crippen molar-refractivity contribution in [3.05, 3.63) is 6.33 Å². The number of nitrogens with one attached hydrogen (secondary N) is 2. The second-order valence-electron chi connectivity index (χ2n) is 5.90. The molecule has 0 radical (unpaired) electrons. The second-order valence-corrected chi connectivity index (χ2v) is 5.90. The summed E-state index contributed by atoms with van der Waals surface area (Å²) in [7, 11) is 3.66. The van der Waals surface area contributed by atoms with Gasteiger partial charge in [0, 0.05) is 20.6 Å². The Morgan fingerprint density at radius 1 is 1.41 bits per heavy atom. The average molecular weight is 380 g/mol. The highest BCUT2D eigenvalue weighted by Gasteiger charge is 2.23. The van der Waals surface area contributed by atoms with Crippen LogP contribution in [-0.4, -0.2) is 65.1 Å². The maximum Gasteiger partial charge on any atom is 0.407 e. The monoisotopic (exact) mass is 380 g/mol. The minimum absolute atomic E-state index is 0.155. The molecule has 150 valence electrons. The van der Waals surface area contributed by atoms with Gasteiger partial charge >= 0.3 is 6.09 Å². The normalized spacial score (nSPS) is 14.9. The predicted molar refractivity (Wildman–Crippen MR) is 101 cm³/mol. The van der Waals surface area contributed by atoms with Crippen LogP contribution in [0.5, 0.6) is 5.88 Å². The summed E-state index contributed by atoms with van der Waals surface area (Å²) in [5.74, 6) is 1.06. The summed E-state index contributed by atoms with van der Waals surface area (Å²) in [4.78, 5) is 23.6. The molecule has 1 amide bonds. The van der Waals surface area contributed by atoms with Crippen LogP contribution in [0.1, 0.15) is 26.7 Å². The van der Waals surface area contributed by atoms with Crippen LogP contribution in [0.2, 0.25) is 0 Å². The van der Waals surface area contributed by atoms with Gasteiger partial charge in [-0.2, -0.15) is 9.97 Å². The molecule has 0 aliphatic carbocycles. The zero-order valence-corrected chi connectivity index (χ0v) is 16.3. The quantitative estimate of drug-likeness (QED) is 0.525. The standard InChI is InChI=1S/C9H13N5O.C8H15NO3/c1-4-15-8-6-7(14(3)5-11-6)12-9(10-2)13-8;1-2-3-4-9-8(10)12-6-7-5-11-7/h5H,4H2,1-3H3,(H,10,12,13);7H,2-6H2,1H3,(H,9,10). The Kier molecular flexibility index (Phi) is 8.05. The Morgan fingerprint density at radius 2 is 2.19 bits per heavy atom. The summed E-state index contributed by atoms with van der Waals surface area (Å²) in [6.07, 6.45) is 3.59. The first-order valence-electron chi connectivity index (χ1n) is 9.10. The summed E-state index contributed by atoms with van der Waals surface area (Å²) < 4.78 is 17.0. The van der Waals surface area contributed by atoms with E-state index in [0.717, 1.165) is 25.1 Å². The van der Waals surface area contributed by atoms with E-state index in [9.17, 15) is 4.79 Å². The van der Waals surface area contributed by atoms with E-state index >= 15 is 0 Å². The van der Waals surface area contributed by atoms with Crippen molar-refractivity contribution in [3.63, 3.8) is 0 Å². The maximum absolute atomic E-state index is 10.9. The molecule has 3 heterocycles. The van der Waals surface area contributed by atoms with Crippen LogP contribution in [0.3, 0.4) is 0 Å². The van der Waals surface area contributed by atoms with E-state index < -0.39 is 0 Å². The number of carbonyl (C=O) groups excluding carboxylic acids is 1. The number of aromatic nitrogens is 4. The molecule has 1 atom stereocenters. The molecule has 1 saturated heterocycles. The number of hydrogen-bond acceptors (Lipinski definition) is 8. The number of amides is 1. The molecule has 0 spiro atoms. The minimum Gasteiger partial charge on any atom is -0.476 e. The van der Waals surface area contributed by atoms with Gasteiger partial charge in [-0.15, -0.1) is 0 Å². The van der Waals surface area contributed by atoms with Crippen molar-refractivity contribution in [3.8, 4) is 5.88 Å². The highest BCUT2D eigenvalue weighted by Crippen LogP contribution is 2.21. The molecule has 27 heavy (non-hydrogen) atoms. The average Bonchev–Trinajstić information content (AvgIpc) is 3.43. The highest BCUT2D eigenvalue weighted by atomic mass is 16.6. The van der Waals surface area contributed by atoms with E-state index in [0.29, 0.717) is 37.1 Å². The van der Waals surface area contributed by atoms with Crippen molar-refractivity contribution in [1.29, 1.82) is 0 Å². The number of rotatable bonds is 8. The number of carbonyl (C=O) groups is 1. The van der Waals surface area contributed by atoms with Gasteiger partial charge in [0.15, 0.2) is 11.2 Å². The van der Waals surface area contributed by atoms with E-state index in [1.54, 1.807) is 13.4 Å². The first-order valence-corrected chi connectivity index (χ1v) is 9.10. The molecular weight excluding hydrogens is 352 g/mol. The Hall–Kier alpha value is -2.62. The number of imidazole rings is 1. The van der Waals surface area contributed by atoms with E-state index in [1.807, 2.05) is 18.5 Å². The Bertz CT molecular complexity index is 732. The van der Waals surface area contributed by atoms with Gasteiger partial charge in [0.25, 0.3) is 0 Å². The maximum atomic E-state index is 10.9. The van der Waals surface area contributed by atoms with Crippen LogP contribution < -0.4 is 15.4 Å². The van der Waals surface area contributed by atoms with E-state index in [4.69, 9.17) is 14.2 Å². The smallest absolute Gasteiger partial charge is 0.407 e. The van der Waals surface area contributed by atoms with Gasteiger partial charge < -0.3 is 29.4 Å². The zero-order chi connectivity index (χ0) is 19.6. The van der Waals surface area contributed by atoms with Crippen molar-refractivity contribution in [1.82, 2.24) is 24.8 Å². The van der Waals surface area contributed by atoms with Gasteiger partial charge in [-0.25, -0.2) is 9.78 Å². The van der Waals surface area contributed by atoms with E-state index in [1.165, 1.54) is 0 Å². The van der Waals surface area contributed by atoms with Crippen molar-refractivity contribution < 1.29 is 19.0 Å². The molecule has 10 heteroatoms. The van der Waals surface area contributed by atoms with Crippen LogP contribution in [0.25, 0.3) is 11.2 Å². The number of epoxide rings is 1. The number of alkyl carbamates (subject to hydrolysis) is 1. The summed E-state index contributed by atoms with van der Waals surface area (Å²) in [5.41, 5.74) is 1.45. The molecule has 3 rings (SSSR count). The Morgan fingerprint density at radius 3 is 2.81 bits per heavy atom. The first-order chi connectivity index (χ1) is 13.1. The van der Waals surface area contributed by atoms with E-state index in [2.05, 4.69) is 32.5 Å². The number of fused-ring (bicyclic) bond motifs is 1. The van der Waals surface area contributed by atoms with Crippen LogP contribution in [0.15, 0.2) is 6.33 Å². The van der Waals surface area contributed by atoms with Crippen molar-refractivity contribution in [2.45, 2.75) is 32.8 Å². The number of anilines is 1. The zero-order valence-electron chi connectivity index (χ0n) is 16.3. The summed E-state index contributed by atoms with van der Waals surface area (Å²) in [6.45, 7) is 6.36.